The first kappa shape index (κ1) is 22.0. The van der Waals surface area contributed by atoms with Crippen molar-refractivity contribution in [2.75, 3.05) is 19.0 Å². The number of rotatable bonds is 13. The van der Waals surface area contributed by atoms with Gasteiger partial charge in [0, 0.05) is 6.54 Å². The van der Waals surface area contributed by atoms with Crippen molar-refractivity contribution in [3.8, 4) is 0 Å². The number of unbranched alkanes of at least 4 members (excludes halogenated alkanes) is 3. The van der Waals surface area contributed by atoms with Crippen molar-refractivity contribution < 1.29 is 13.6 Å². The molecule has 24 heavy (non-hydrogen) atoms. The fraction of sp³-hybridized carbons (Fsp3) is 0.812. The van der Waals surface area contributed by atoms with Crippen molar-refractivity contribution in [2.24, 2.45) is 0 Å². The van der Waals surface area contributed by atoms with E-state index in [-0.39, 0.29) is 18.6 Å². The normalized spacial score (nSPS) is 12.0. The van der Waals surface area contributed by atoms with Gasteiger partial charge in [-0.1, -0.05) is 44.7 Å². The summed E-state index contributed by atoms with van der Waals surface area (Å²) in [6.07, 6.45) is 5.60. The van der Waals surface area contributed by atoms with E-state index in [1.165, 1.54) is 12.8 Å². The van der Waals surface area contributed by atoms with E-state index in [2.05, 4.69) is 18.9 Å². The summed E-state index contributed by atoms with van der Waals surface area (Å²) in [7, 11) is -3.47. The number of thioether (sulfide) groups is 1. The number of hydrogen-bond donors (Lipinski definition) is 0. The first-order chi connectivity index (χ1) is 11.5. The minimum absolute atomic E-state index is 0.252. The van der Waals surface area contributed by atoms with Crippen LogP contribution in [0.3, 0.4) is 0 Å². The smallest absolute Gasteiger partial charge is 0.304 e. The van der Waals surface area contributed by atoms with Crippen LogP contribution in [0.15, 0.2) is 5.03 Å². The van der Waals surface area contributed by atoms with Crippen LogP contribution in [0.5, 0.6) is 0 Å². The van der Waals surface area contributed by atoms with Gasteiger partial charge in [0.25, 0.3) is 0 Å². The maximum absolute atomic E-state index is 13.0. The van der Waals surface area contributed by atoms with Gasteiger partial charge in [-0.2, -0.15) is 5.10 Å². The minimum Gasteiger partial charge on any atom is -0.304 e. The van der Waals surface area contributed by atoms with E-state index in [0.29, 0.717) is 5.02 Å². The quantitative estimate of drug-likeness (QED) is 0.250. The fourth-order valence-electron chi connectivity index (χ4n) is 2.26. The molecule has 5 nitrogen and oxygen atoms in total. The molecule has 8 heteroatoms. The third-order valence-corrected chi connectivity index (χ3v) is 7.29. The monoisotopic (exact) mass is 396 g/mol. The molecule has 1 aromatic heterocycles. The summed E-state index contributed by atoms with van der Waals surface area (Å²) in [4.78, 5) is 0. The van der Waals surface area contributed by atoms with Crippen LogP contribution in [0.1, 0.15) is 59.8 Å². The molecule has 140 valence electrons. The SMILES string of the molecule is CCCCCCn1nc(P(=O)(OCC)OCC)c(Cl)c1SCCC. The lowest BCUT2D eigenvalue weighted by Gasteiger charge is -2.14. The van der Waals surface area contributed by atoms with Crippen LogP contribution in [-0.4, -0.2) is 28.7 Å². The van der Waals surface area contributed by atoms with Gasteiger partial charge in [-0.05, 0) is 32.4 Å². The molecule has 1 heterocycles. The highest BCUT2D eigenvalue weighted by molar-refractivity contribution is 7.99. The Morgan fingerprint density at radius 2 is 1.75 bits per heavy atom. The lowest BCUT2D eigenvalue weighted by atomic mass is 10.2. The number of aromatic nitrogens is 2. The topological polar surface area (TPSA) is 53.4 Å². The number of halogens is 1. The molecule has 0 aliphatic carbocycles. The van der Waals surface area contributed by atoms with E-state index < -0.39 is 7.60 Å². The Labute approximate surface area is 155 Å². The van der Waals surface area contributed by atoms with Crippen LogP contribution in [0.4, 0.5) is 0 Å². The zero-order chi connectivity index (χ0) is 18.0. The zero-order valence-corrected chi connectivity index (χ0v) is 17.7. The van der Waals surface area contributed by atoms with Crippen molar-refractivity contribution >= 4 is 36.4 Å². The lowest BCUT2D eigenvalue weighted by molar-refractivity contribution is 0.229. The molecular formula is C16H30ClN2O3PS. The molecule has 0 unspecified atom stereocenters. The van der Waals surface area contributed by atoms with Gasteiger partial charge in [0.15, 0.2) is 5.44 Å². The Balaban J connectivity index is 3.11. The third kappa shape index (κ3) is 6.06. The van der Waals surface area contributed by atoms with Crippen molar-refractivity contribution in [1.29, 1.82) is 0 Å². The van der Waals surface area contributed by atoms with E-state index in [1.807, 2.05) is 4.68 Å². The maximum atomic E-state index is 13.0. The van der Waals surface area contributed by atoms with E-state index in [0.717, 1.165) is 36.6 Å². The Morgan fingerprint density at radius 1 is 1.08 bits per heavy atom. The molecule has 0 N–H and O–H groups in total. The summed E-state index contributed by atoms with van der Waals surface area (Å²) in [5.74, 6) is 0.938. The molecule has 0 aliphatic heterocycles. The van der Waals surface area contributed by atoms with Gasteiger partial charge in [-0.15, -0.1) is 11.8 Å². The van der Waals surface area contributed by atoms with Gasteiger partial charge in [-0.3, -0.25) is 9.25 Å². The molecule has 1 aromatic rings. The third-order valence-electron chi connectivity index (χ3n) is 3.36. The van der Waals surface area contributed by atoms with Crippen molar-refractivity contribution in [2.45, 2.75) is 71.4 Å². The van der Waals surface area contributed by atoms with Gasteiger partial charge < -0.3 is 9.05 Å². The van der Waals surface area contributed by atoms with Crippen LogP contribution >= 0.6 is 31.0 Å². The maximum Gasteiger partial charge on any atom is 0.383 e. The number of nitrogens with zero attached hydrogens (tertiary/aromatic N) is 2. The Bertz CT molecular complexity index is 530. The highest BCUT2D eigenvalue weighted by Crippen LogP contribution is 2.49. The van der Waals surface area contributed by atoms with Gasteiger partial charge in [0.05, 0.1) is 13.2 Å². The van der Waals surface area contributed by atoms with Gasteiger partial charge in [0.2, 0.25) is 0 Å². The summed E-state index contributed by atoms with van der Waals surface area (Å²) in [6, 6.07) is 0. The Morgan fingerprint density at radius 3 is 2.29 bits per heavy atom. The molecular weight excluding hydrogens is 367 g/mol. The number of aryl methyl sites for hydroxylation is 1. The summed E-state index contributed by atoms with van der Waals surface area (Å²) < 4.78 is 25.7. The first-order valence-corrected chi connectivity index (χ1v) is 11.7. The van der Waals surface area contributed by atoms with Gasteiger partial charge in [0.1, 0.15) is 10.0 Å². The first-order valence-electron chi connectivity index (χ1n) is 8.82. The second-order valence-electron chi connectivity index (χ2n) is 5.41. The summed E-state index contributed by atoms with van der Waals surface area (Å²) in [5, 5.41) is 5.80. The average molecular weight is 397 g/mol. The predicted octanol–water partition coefficient (Wildman–Crippen LogP) is 5.51. The van der Waals surface area contributed by atoms with Crippen LogP contribution in [0.2, 0.25) is 5.02 Å². The predicted molar refractivity (Wildman–Crippen MR) is 103 cm³/mol. The highest BCUT2D eigenvalue weighted by atomic mass is 35.5. The van der Waals surface area contributed by atoms with Crippen molar-refractivity contribution in [3.63, 3.8) is 0 Å². The summed E-state index contributed by atoms with van der Waals surface area (Å²) >= 11 is 8.17. The van der Waals surface area contributed by atoms with Crippen LogP contribution in [0, 0.1) is 0 Å². The van der Waals surface area contributed by atoms with Gasteiger partial charge in [-0.25, -0.2) is 0 Å². The molecule has 0 saturated heterocycles. The molecule has 0 atom stereocenters. The lowest BCUT2D eigenvalue weighted by Crippen LogP contribution is -2.15. The highest BCUT2D eigenvalue weighted by Gasteiger charge is 2.35. The standard InChI is InChI=1S/C16H30ClN2O3PS/c1-5-9-10-11-12-19-16(24-13-6-2)14(17)15(18-19)23(20,21-7-3)22-8-4/h5-13H2,1-4H3. The van der Waals surface area contributed by atoms with Crippen molar-refractivity contribution in [3.05, 3.63) is 5.02 Å². The number of hydrogen-bond acceptors (Lipinski definition) is 5. The molecule has 0 aromatic carbocycles. The van der Waals surface area contributed by atoms with E-state index in [4.69, 9.17) is 20.6 Å². The summed E-state index contributed by atoms with van der Waals surface area (Å²) in [5.41, 5.74) is 0.252. The molecule has 0 amide bonds. The molecule has 0 spiro atoms. The van der Waals surface area contributed by atoms with Crippen LogP contribution < -0.4 is 5.44 Å². The van der Waals surface area contributed by atoms with E-state index in [1.54, 1.807) is 25.6 Å². The average Bonchev–Trinajstić information content (AvgIpc) is 2.87. The molecule has 0 aliphatic rings. The molecule has 0 radical (unpaired) electrons. The second-order valence-corrected chi connectivity index (χ2v) is 8.80. The largest absolute Gasteiger partial charge is 0.383 e. The zero-order valence-electron chi connectivity index (χ0n) is 15.2. The van der Waals surface area contributed by atoms with E-state index in [9.17, 15) is 4.57 Å². The van der Waals surface area contributed by atoms with Crippen LogP contribution in [0.25, 0.3) is 0 Å². The van der Waals surface area contributed by atoms with Crippen molar-refractivity contribution in [1.82, 2.24) is 9.78 Å². The Kier molecular flexibility index (Phi) is 10.6. The van der Waals surface area contributed by atoms with E-state index >= 15 is 0 Å². The second kappa shape index (κ2) is 11.6. The molecule has 0 fully saturated rings. The molecule has 1 rings (SSSR count). The summed E-state index contributed by atoms with van der Waals surface area (Å²) in [6.45, 7) is 9.22. The van der Waals surface area contributed by atoms with Gasteiger partial charge >= 0.3 is 7.60 Å². The van der Waals surface area contributed by atoms with Crippen LogP contribution in [-0.2, 0) is 20.2 Å². The fourth-order valence-corrected chi connectivity index (χ4v) is 5.41. The minimum atomic E-state index is -3.47. The molecule has 0 saturated carbocycles. The molecule has 0 bridgehead atoms. The Hall–Kier alpha value is -0.0000000000000000555.